The molecule has 0 bridgehead atoms. The van der Waals surface area contributed by atoms with E-state index in [9.17, 15) is 13.6 Å². The van der Waals surface area contributed by atoms with Crippen LogP contribution in [0.1, 0.15) is 32.1 Å². The van der Waals surface area contributed by atoms with Crippen molar-refractivity contribution in [3.8, 4) is 0 Å². The molecule has 1 saturated carbocycles. The van der Waals surface area contributed by atoms with Crippen molar-refractivity contribution in [2.75, 3.05) is 12.4 Å². The maximum absolute atomic E-state index is 12.8. The molecule has 1 rings (SSSR count). The van der Waals surface area contributed by atoms with E-state index >= 15 is 0 Å². The third-order valence-corrected chi connectivity index (χ3v) is 2.96. The molecule has 2 nitrogen and oxygen atoms in total. The Balaban J connectivity index is 2.24. The Morgan fingerprint density at radius 3 is 2.53 bits per heavy atom. The molecule has 1 aliphatic carbocycles. The van der Waals surface area contributed by atoms with Gasteiger partial charge in [0.2, 0.25) is 11.8 Å². The average Bonchev–Trinajstić information content (AvgIpc) is 2.18. The zero-order valence-corrected chi connectivity index (χ0v) is 9.33. The first-order chi connectivity index (χ1) is 7.05. The van der Waals surface area contributed by atoms with E-state index in [-0.39, 0.29) is 24.7 Å². The normalized spacial score (nSPS) is 21.3. The summed E-state index contributed by atoms with van der Waals surface area (Å²) in [6, 6.07) is 0. The molecule has 0 radical (unpaired) electrons. The first-order valence-electron chi connectivity index (χ1n) is 5.27. The average molecular weight is 240 g/mol. The summed E-state index contributed by atoms with van der Waals surface area (Å²) in [6.45, 7) is 0.537. The summed E-state index contributed by atoms with van der Waals surface area (Å²) in [5, 5.41) is 2.71. The Kier molecular flexibility index (Phi) is 4.77. The summed E-state index contributed by atoms with van der Waals surface area (Å²) in [5.41, 5.74) is 0. The number of alkyl halides is 3. The first-order valence-corrected chi connectivity index (χ1v) is 5.80. The minimum atomic E-state index is -2.56. The number of carbonyl (C=O) groups is 1. The third-order valence-electron chi connectivity index (χ3n) is 2.70. The summed E-state index contributed by atoms with van der Waals surface area (Å²) >= 11 is 5.46. The van der Waals surface area contributed by atoms with E-state index in [0.717, 1.165) is 6.42 Å². The van der Waals surface area contributed by atoms with Gasteiger partial charge < -0.3 is 5.32 Å². The summed E-state index contributed by atoms with van der Waals surface area (Å²) in [5.74, 6) is -2.40. The van der Waals surface area contributed by atoms with Gasteiger partial charge in [-0.05, 0) is 19.3 Å². The van der Waals surface area contributed by atoms with Crippen molar-refractivity contribution in [1.29, 1.82) is 0 Å². The quantitative estimate of drug-likeness (QED) is 0.593. The Morgan fingerprint density at radius 1 is 1.40 bits per heavy atom. The molecule has 0 spiro atoms. The summed E-state index contributed by atoms with van der Waals surface area (Å²) in [7, 11) is 0. The van der Waals surface area contributed by atoms with E-state index < -0.39 is 5.92 Å². The monoisotopic (exact) mass is 239 g/mol. The fourth-order valence-electron chi connectivity index (χ4n) is 1.73. The topological polar surface area (TPSA) is 29.1 Å². The number of carbonyl (C=O) groups excluding carboxylic acids is 1. The van der Waals surface area contributed by atoms with Crippen LogP contribution in [0.4, 0.5) is 8.78 Å². The molecular weight excluding hydrogens is 224 g/mol. The van der Waals surface area contributed by atoms with Crippen LogP contribution in [-0.4, -0.2) is 24.3 Å². The van der Waals surface area contributed by atoms with Gasteiger partial charge in [-0.25, -0.2) is 8.78 Å². The molecule has 1 aliphatic rings. The molecule has 0 unspecified atom stereocenters. The minimum Gasteiger partial charge on any atom is -0.356 e. The molecule has 15 heavy (non-hydrogen) atoms. The lowest BCUT2D eigenvalue weighted by Gasteiger charge is -2.27. The Labute approximate surface area is 93.4 Å². The molecule has 0 aliphatic heterocycles. The highest BCUT2D eigenvalue weighted by atomic mass is 35.5. The van der Waals surface area contributed by atoms with Gasteiger partial charge in [0.15, 0.2) is 0 Å². The maximum atomic E-state index is 12.8. The number of hydrogen-bond donors (Lipinski definition) is 1. The van der Waals surface area contributed by atoms with Crippen LogP contribution >= 0.6 is 11.6 Å². The van der Waals surface area contributed by atoms with E-state index in [2.05, 4.69) is 5.32 Å². The molecule has 0 aromatic carbocycles. The van der Waals surface area contributed by atoms with Crippen LogP contribution < -0.4 is 5.32 Å². The van der Waals surface area contributed by atoms with E-state index in [1.807, 2.05) is 0 Å². The van der Waals surface area contributed by atoms with Crippen LogP contribution in [-0.2, 0) is 4.79 Å². The van der Waals surface area contributed by atoms with Gasteiger partial charge in [-0.3, -0.25) is 4.79 Å². The highest BCUT2D eigenvalue weighted by Crippen LogP contribution is 2.36. The number of hydrogen-bond acceptors (Lipinski definition) is 1. The van der Waals surface area contributed by atoms with Crippen LogP contribution in [0.25, 0.3) is 0 Å². The second-order valence-electron chi connectivity index (χ2n) is 3.96. The van der Waals surface area contributed by atoms with Crippen molar-refractivity contribution in [2.45, 2.75) is 38.0 Å². The Hall–Kier alpha value is -0.380. The summed E-state index contributed by atoms with van der Waals surface area (Å²) in [4.78, 5) is 11.5. The van der Waals surface area contributed by atoms with Crippen molar-refractivity contribution in [1.82, 2.24) is 5.32 Å². The number of halogens is 3. The second kappa shape index (κ2) is 5.64. The smallest absolute Gasteiger partial charge is 0.248 e. The summed E-state index contributed by atoms with van der Waals surface area (Å²) < 4.78 is 25.6. The molecule has 1 amide bonds. The Morgan fingerprint density at radius 2 is 2.00 bits per heavy atom. The van der Waals surface area contributed by atoms with E-state index in [1.54, 1.807) is 0 Å². The van der Waals surface area contributed by atoms with Gasteiger partial charge in [0.1, 0.15) is 0 Å². The van der Waals surface area contributed by atoms with Gasteiger partial charge in [0, 0.05) is 31.2 Å². The summed E-state index contributed by atoms with van der Waals surface area (Å²) in [6.07, 6.45) is 0.969. The van der Waals surface area contributed by atoms with Gasteiger partial charge in [-0.2, -0.15) is 0 Å². The highest BCUT2D eigenvalue weighted by molar-refractivity contribution is 6.17. The van der Waals surface area contributed by atoms with Crippen molar-refractivity contribution in [3.63, 3.8) is 0 Å². The minimum absolute atomic E-state index is 0.101. The lowest BCUT2D eigenvalue weighted by molar-refractivity contribution is -0.129. The SMILES string of the molecule is O=C(NCCCCl)C1CCC(F)(F)CC1. The van der Waals surface area contributed by atoms with Gasteiger partial charge in [0.25, 0.3) is 0 Å². The van der Waals surface area contributed by atoms with E-state index in [1.165, 1.54) is 0 Å². The molecule has 5 heteroatoms. The molecule has 1 N–H and O–H groups in total. The molecule has 0 aromatic rings. The molecule has 88 valence electrons. The maximum Gasteiger partial charge on any atom is 0.248 e. The molecule has 0 atom stereocenters. The van der Waals surface area contributed by atoms with Gasteiger partial charge in [-0.15, -0.1) is 11.6 Å². The Bertz CT molecular complexity index is 213. The predicted octanol–water partition coefficient (Wildman–Crippen LogP) is 2.56. The lowest BCUT2D eigenvalue weighted by atomic mass is 9.86. The molecule has 0 aromatic heterocycles. The number of nitrogens with one attached hydrogen (secondary N) is 1. The standard InChI is InChI=1S/C10H16ClF2NO/c11-6-1-7-14-9(15)8-2-4-10(12,13)5-3-8/h8H,1-7H2,(H,14,15). The molecule has 0 heterocycles. The zero-order chi connectivity index (χ0) is 11.3. The molecule has 0 saturated heterocycles. The van der Waals surface area contributed by atoms with Crippen LogP contribution in [0.3, 0.4) is 0 Å². The predicted molar refractivity (Wildman–Crippen MR) is 55.3 cm³/mol. The number of rotatable bonds is 4. The van der Waals surface area contributed by atoms with Crippen LogP contribution in [0.2, 0.25) is 0 Å². The number of amides is 1. The zero-order valence-electron chi connectivity index (χ0n) is 8.57. The van der Waals surface area contributed by atoms with Crippen molar-refractivity contribution >= 4 is 17.5 Å². The van der Waals surface area contributed by atoms with Crippen molar-refractivity contribution in [3.05, 3.63) is 0 Å². The molecule has 1 fully saturated rings. The van der Waals surface area contributed by atoms with Crippen molar-refractivity contribution < 1.29 is 13.6 Å². The van der Waals surface area contributed by atoms with E-state index in [4.69, 9.17) is 11.6 Å². The molecular formula is C10H16ClF2NO. The lowest BCUT2D eigenvalue weighted by Crippen LogP contribution is -2.36. The van der Waals surface area contributed by atoms with Crippen molar-refractivity contribution in [2.24, 2.45) is 5.92 Å². The van der Waals surface area contributed by atoms with Crippen LogP contribution in [0.15, 0.2) is 0 Å². The van der Waals surface area contributed by atoms with E-state index in [0.29, 0.717) is 25.3 Å². The van der Waals surface area contributed by atoms with Gasteiger partial charge in [0.05, 0.1) is 0 Å². The first kappa shape index (κ1) is 12.7. The fourth-order valence-corrected chi connectivity index (χ4v) is 1.86. The fraction of sp³-hybridized carbons (Fsp3) is 0.900. The second-order valence-corrected chi connectivity index (χ2v) is 4.34. The van der Waals surface area contributed by atoms with Crippen LogP contribution in [0, 0.1) is 5.92 Å². The highest BCUT2D eigenvalue weighted by Gasteiger charge is 2.37. The van der Waals surface area contributed by atoms with Crippen LogP contribution in [0.5, 0.6) is 0 Å². The third kappa shape index (κ3) is 4.33. The largest absolute Gasteiger partial charge is 0.356 e. The van der Waals surface area contributed by atoms with Gasteiger partial charge >= 0.3 is 0 Å². The van der Waals surface area contributed by atoms with Gasteiger partial charge in [-0.1, -0.05) is 0 Å².